The minimum absolute atomic E-state index is 0.167. The summed E-state index contributed by atoms with van der Waals surface area (Å²) in [6.07, 6.45) is 10.8. The number of aromatic nitrogens is 2. The van der Waals surface area contributed by atoms with E-state index in [1.807, 2.05) is 47.6 Å². The molecule has 1 aromatic heterocycles. The minimum atomic E-state index is 0.167. The normalized spacial score (nSPS) is 21.3. The average Bonchev–Trinajstić information content (AvgIpc) is 3.09. The fourth-order valence-corrected chi connectivity index (χ4v) is 3.99. The number of carbonyl (C=O) groups excluding carboxylic acids is 1. The molecule has 2 heterocycles. The lowest BCUT2D eigenvalue weighted by atomic mass is 9.89. The summed E-state index contributed by atoms with van der Waals surface area (Å²) in [7, 11) is 0. The molecule has 2 fully saturated rings. The van der Waals surface area contributed by atoms with Gasteiger partial charge < -0.3 is 10.2 Å². The van der Waals surface area contributed by atoms with Crippen LogP contribution < -0.4 is 10.2 Å². The number of amides is 1. The standard InChI is InChI=1S/C21H26N4O/c26-20-11-18(15-25(20)19-9-5-2-6-10-19)22-12-16-13-23-21(24-14-16)17-7-3-1-4-8-17/h2,5-6,9-10,13-14,17-18,22H,1,3-4,7-8,11-12,15H2/t18-/m0/s1. The van der Waals surface area contributed by atoms with Crippen molar-refractivity contribution >= 4 is 11.6 Å². The molecule has 1 saturated heterocycles. The van der Waals surface area contributed by atoms with Gasteiger partial charge in [0.25, 0.3) is 0 Å². The zero-order valence-corrected chi connectivity index (χ0v) is 15.1. The molecule has 1 amide bonds. The highest BCUT2D eigenvalue weighted by Crippen LogP contribution is 2.30. The molecule has 0 bridgehead atoms. The Morgan fingerprint density at radius 3 is 2.50 bits per heavy atom. The molecular formula is C21H26N4O. The SMILES string of the molecule is O=C1C[C@H](NCc2cnc(C3CCCCC3)nc2)CN1c1ccccc1. The number of benzene rings is 1. The maximum atomic E-state index is 12.3. The number of para-hydroxylation sites is 1. The fourth-order valence-electron chi connectivity index (χ4n) is 3.99. The fraction of sp³-hybridized carbons (Fsp3) is 0.476. The van der Waals surface area contributed by atoms with Gasteiger partial charge in [-0.2, -0.15) is 0 Å². The van der Waals surface area contributed by atoms with Crippen LogP contribution in [0.15, 0.2) is 42.7 Å². The predicted molar refractivity (Wildman–Crippen MR) is 102 cm³/mol. The topological polar surface area (TPSA) is 58.1 Å². The summed E-state index contributed by atoms with van der Waals surface area (Å²) in [6, 6.07) is 10.0. The Morgan fingerprint density at radius 1 is 1.04 bits per heavy atom. The Kier molecular flexibility index (Phi) is 5.25. The van der Waals surface area contributed by atoms with E-state index < -0.39 is 0 Å². The van der Waals surface area contributed by atoms with Crippen LogP contribution in [0, 0.1) is 0 Å². The first kappa shape index (κ1) is 17.2. The molecular weight excluding hydrogens is 324 g/mol. The highest BCUT2D eigenvalue weighted by molar-refractivity contribution is 5.96. The second-order valence-electron chi connectivity index (χ2n) is 7.41. The highest BCUT2D eigenvalue weighted by Gasteiger charge is 2.30. The zero-order chi connectivity index (χ0) is 17.8. The van der Waals surface area contributed by atoms with Crippen LogP contribution >= 0.6 is 0 Å². The molecule has 1 aliphatic carbocycles. The molecule has 5 nitrogen and oxygen atoms in total. The number of rotatable bonds is 5. The van der Waals surface area contributed by atoms with Gasteiger partial charge in [0.15, 0.2) is 0 Å². The molecule has 0 unspecified atom stereocenters. The van der Waals surface area contributed by atoms with Crippen LogP contribution in [0.5, 0.6) is 0 Å². The van der Waals surface area contributed by atoms with Crippen LogP contribution in [0.3, 0.4) is 0 Å². The van der Waals surface area contributed by atoms with E-state index in [2.05, 4.69) is 15.3 Å². The monoisotopic (exact) mass is 350 g/mol. The summed E-state index contributed by atoms with van der Waals surface area (Å²) < 4.78 is 0. The number of anilines is 1. The quantitative estimate of drug-likeness (QED) is 0.898. The van der Waals surface area contributed by atoms with Crippen molar-refractivity contribution in [1.82, 2.24) is 15.3 Å². The van der Waals surface area contributed by atoms with E-state index in [0.717, 1.165) is 17.1 Å². The molecule has 2 aliphatic rings. The second kappa shape index (κ2) is 7.96. The van der Waals surface area contributed by atoms with Crippen molar-refractivity contribution in [1.29, 1.82) is 0 Å². The van der Waals surface area contributed by atoms with Crippen molar-refractivity contribution in [3.63, 3.8) is 0 Å². The number of nitrogens with zero attached hydrogens (tertiary/aromatic N) is 3. The Bertz CT molecular complexity index is 725. The van der Waals surface area contributed by atoms with Crippen molar-refractivity contribution in [3.05, 3.63) is 54.1 Å². The third kappa shape index (κ3) is 3.93. The van der Waals surface area contributed by atoms with Gasteiger partial charge in [0.05, 0.1) is 0 Å². The Hall–Kier alpha value is -2.27. The summed E-state index contributed by atoms with van der Waals surface area (Å²) in [5.41, 5.74) is 2.05. The zero-order valence-electron chi connectivity index (χ0n) is 15.1. The summed E-state index contributed by atoms with van der Waals surface area (Å²) >= 11 is 0. The third-order valence-corrected chi connectivity index (χ3v) is 5.48. The van der Waals surface area contributed by atoms with Gasteiger partial charge in [-0.25, -0.2) is 9.97 Å². The van der Waals surface area contributed by atoms with Crippen molar-refractivity contribution in [3.8, 4) is 0 Å². The van der Waals surface area contributed by atoms with Gasteiger partial charge >= 0.3 is 0 Å². The first-order valence-electron chi connectivity index (χ1n) is 9.69. The number of nitrogens with one attached hydrogen (secondary N) is 1. The van der Waals surface area contributed by atoms with E-state index in [4.69, 9.17) is 0 Å². The lowest BCUT2D eigenvalue weighted by Gasteiger charge is -2.20. The smallest absolute Gasteiger partial charge is 0.228 e. The van der Waals surface area contributed by atoms with E-state index in [-0.39, 0.29) is 11.9 Å². The van der Waals surface area contributed by atoms with Crippen molar-refractivity contribution in [2.75, 3.05) is 11.4 Å². The molecule has 1 aliphatic heterocycles. The van der Waals surface area contributed by atoms with E-state index in [0.29, 0.717) is 25.4 Å². The van der Waals surface area contributed by atoms with Crippen molar-refractivity contribution < 1.29 is 4.79 Å². The molecule has 136 valence electrons. The van der Waals surface area contributed by atoms with Gasteiger partial charge in [-0.15, -0.1) is 0 Å². The average molecular weight is 350 g/mol. The molecule has 1 saturated carbocycles. The molecule has 1 aromatic carbocycles. The third-order valence-electron chi connectivity index (χ3n) is 5.48. The maximum Gasteiger partial charge on any atom is 0.228 e. The van der Waals surface area contributed by atoms with Gasteiger partial charge in [0, 0.05) is 55.1 Å². The van der Waals surface area contributed by atoms with Gasteiger partial charge in [-0.05, 0) is 25.0 Å². The first-order chi connectivity index (χ1) is 12.8. The molecule has 0 spiro atoms. The van der Waals surface area contributed by atoms with Crippen LogP contribution in [0.4, 0.5) is 5.69 Å². The lowest BCUT2D eigenvalue weighted by Crippen LogP contribution is -2.32. The van der Waals surface area contributed by atoms with E-state index in [1.54, 1.807) is 0 Å². The van der Waals surface area contributed by atoms with Gasteiger partial charge in [-0.1, -0.05) is 37.5 Å². The summed E-state index contributed by atoms with van der Waals surface area (Å²) in [5, 5.41) is 3.48. The molecule has 4 rings (SSSR count). The molecule has 5 heteroatoms. The van der Waals surface area contributed by atoms with E-state index in [9.17, 15) is 4.79 Å². The van der Waals surface area contributed by atoms with Crippen molar-refractivity contribution in [2.24, 2.45) is 0 Å². The van der Waals surface area contributed by atoms with Gasteiger partial charge in [-0.3, -0.25) is 4.79 Å². The van der Waals surface area contributed by atoms with Crippen LogP contribution in [-0.2, 0) is 11.3 Å². The van der Waals surface area contributed by atoms with Gasteiger partial charge in [0.1, 0.15) is 5.82 Å². The van der Waals surface area contributed by atoms with Crippen LogP contribution in [0.1, 0.15) is 55.8 Å². The van der Waals surface area contributed by atoms with Crippen LogP contribution in [-0.4, -0.2) is 28.5 Å². The van der Waals surface area contributed by atoms with E-state index in [1.165, 1.54) is 32.1 Å². The first-order valence-corrected chi connectivity index (χ1v) is 9.69. The molecule has 1 atom stereocenters. The predicted octanol–water partition coefficient (Wildman–Crippen LogP) is 3.42. The Labute approximate surface area is 154 Å². The number of hydrogen-bond donors (Lipinski definition) is 1. The lowest BCUT2D eigenvalue weighted by molar-refractivity contribution is -0.117. The molecule has 0 radical (unpaired) electrons. The molecule has 2 aromatic rings. The van der Waals surface area contributed by atoms with E-state index >= 15 is 0 Å². The highest BCUT2D eigenvalue weighted by atomic mass is 16.2. The van der Waals surface area contributed by atoms with Crippen LogP contribution in [0.2, 0.25) is 0 Å². The Morgan fingerprint density at radius 2 is 1.77 bits per heavy atom. The van der Waals surface area contributed by atoms with Crippen molar-refractivity contribution in [2.45, 2.75) is 57.0 Å². The maximum absolute atomic E-state index is 12.3. The molecule has 1 N–H and O–H groups in total. The van der Waals surface area contributed by atoms with Gasteiger partial charge in [0.2, 0.25) is 5.91 Å². The summed E-state index contributed by atoms with van der Waals surface area (Å²) in [4.78, 5) is 23.3. The molecule has 26 heavy (non-hydrogen) atoms. The Balaban J connectivity index is 1.31. The minimum Gasteiger partial charge on any atom is -0.311 e. The number of hydrogen-bond acceptors (Lipinski definition) is 4. The number of carbonyl (C=O) groups is 1. The summed E-state index contributed by atoms with van der Waals surface area (Å²) in [6.45, 7) is 1.41. The van der Waals surface area contributed by atoms with Crippen LogP contribution in [0.25, 0.3) is 0 Å². The summed E-state index contributed by atoms with van der Waals surface area (Å²) in [5.74, 6) is 1.72. The largest absolute Gasteiger partial charge is 0.311 e. The second-order valence-corrected chi connectivity index (χ2v) is 7.41.